The van der Waals surface area contributed by atoms with Crippen molar-refractivity contribution in [2.24, 2.45) is 0 Å². The monoisotopic (exact) mass is 324 g/mol. The summed E-state index contributed by atoms with van der Waals surface area (Å²) in [7, 11) is 0. The number of aromatic nitrogens is 2. The molecule has 2 atom stereocenters. The minimum absolute atomic E-state index is 0.0415. The molecule has 1 saturated carbocycles. The standard InChI is InChI=1S/C15H24N4O4/c1-4-22-15(21)19-13(16)8-12(18-19)10-5-6-11(7-10)23-14(20)17-9(2)3/h8-11H,4-7,16H2,1-3H3,(H,17,20)/t10-,11+/m0/s1. The largest absolute Gasteiger partial charge is 0.448 e. The van der Waals surface area contributed by atoms with Gasteiger partial charge in [0.1, 0.15) is 11.9 Å². The van der Waals surface area contributed by atoms with Crippen molar-refractivity contribution in [3.05, 3.63) is 11.8 Å². The summed E-state index contributed by atoms with van der Waals surface area (Å²) in [6, 6.07) is 1.72. The predicted molar refractivity (Wildman–Crippen MR) is 84.2 cm³/mol. The van der Waals surface area contributed by atoms with Gasteiger partial charge in [0.15, 0.2) is 0 Å². The van der Waals surface area contributed by atoms with E-state index in [0.29, 0.717) is 6.42 Å². The quantitative estimate of drug-likeness (QED) is 0.879. The second-order valence-electron chi connectivity index (χ2n) is 5.94. The second kappa shape index (κ2) is 7.34. The van der Waals surface area contributed by atoms with Gasteiger partial charge in [-0.3, -0.25) is 0 Å². The molecule has 3 N–H and O–H groups in total. The molecule has 8 heteroatoms. The molecule has 0 spiro atoms. The fourth-order valence-corrected chi connectivity index (χ4v) is 2.68. The van der Waals surface area contributed by atoms with Crippen LogP contribution in [0.2, 0.25) is 0 Å². The number of nitrogens with zero attached hydrogens (tertiary/aromatic N) is 2. The number of nitrogens with one attached hydrogen (secondary N) is 1. The van der Waals surface area contributed by atoms with E-state index in [2.05, 4.69) is 10.4 Å². The molecule has 128 valence electrons. The summed E-state index contributed by atoms with van der Waals surface area (Å²) in [5.74, 6) is 0.366. The fourth-order valence-electron chi connectivity index (χ4n) is 2.68. The Morgan fingerprint density at radius 1 is 1.48 bits per heavy atom. The van der Waals surface area contributed by atoms with Crippen LogP contribution in [0.4, 0.5) is 15.4 Å². The van der Waals surface area contributed by atoms with Gasteiger partial charge in [0.25, 0.3) is 0 Å². The molecule has 1 aromatic heterocycles. The van der Waals surface area contributed by atoms with Crippen LogP contribution in [0.3, 0.4) is 0 Å². The van der Waals surface area contributed by atoms with Crippen molar-refractivity contribution < 1.29 is 19.1 Å². The zero-order chi connectivity index (χ0) is 17.0. The third-order valence-corrected chi connectivity index (χ3v) is 3.68. The first-order valence-electron chi connectivity index (χ1n) is 7.90. The van der Waals surface area contributed by atoms with Gasteiger partial charge in [-0.2, -0.15) is 5.10 Å². The van der Waals surface area contributed by atoms with Gasteiger partial charge >= 0.3 is 12.2 Å². The molecule has 1 amide bonds. The summed E-state index contributed by atoms with van der Waals surface area (Å²) in [6.45, 7) is 5.74. The lowest BCUT2D eigenvalue weighted by Gasteiger charge is -2.14. The highest BCUT2D eigenvalue weighted by Crippen LogP contribution is 2.36. The molecular weight excluding hydrogens is 300 g/mol. The van der Waals surface area contributed by atoms with Crippen LogP contribution in [0.1, 0.15) is 51.6 Å². The van der Waals surface area contributed by atoms with Crippen molar-refractivity contribution in [1.82, 2.24) is 15.1 Å². The van der Waals surface area contributed by atoms with E-state index < -0.39 is 12.2 Å². The highest BCUT2D eigenvalue weighted by molar-refractivity contribution is 5.73. The van der Waals surface area contributed by atoms with Crippen molar-refractivity contribution in [2.45, 2.75) is 58.1 Å². The van der Waals surface area contributed by atoms with E-state index >= 15 is 0 Å². The summed E-state index contributed by atoms with van der Waals surface area (Å²) in [6.07, 6.45) is 1.14. The molecule has 0 saturated heterocycles. The summed E-state index contributed by atoms with van der Waals surface area (Å²) in [5.41, 5.74) is 6.54. The van der Waals surface area contributed by atoms with Gasteiger partial charge in [-0.15, -0.1) is 4.68 Å². The second-order valence-corrected chi connectivity index (χ2v) is 5.94. The number of rotatable bonds is 4. The lowest BCUT2D eigenvalue weighted by Crippen LogP contribution is -2.33. The number of hydrogen-bond acceptors (Lipinski definition) is 6. The Balaban J connectivity index is 1.95. The van der Waals surface area contributed by atoms with Crippen molar-refractivity contribution in [3.63, 3.8) is 0 Å². The van der Waals surface area contributed by atoms with Gasteiger partial charge in [-0.1, -0.05) is 0 Å². The molecule has 1 fully saturated rings. The number of carbonyl (C=O) groups excluding carboxylic acids is 2. The number of nitrogen functional groups attached to an aromatic ring is 1. The number of nitrogens with two attached hydrogens (primary N) is 1. The SMILES string of the molecule is CCOC(=O)n1nc([C@H]2CC[C@@H](OC(=O)NC(C)C)C2)cc1N. The van der Waals surface area contributed by atoms with Crippen molar-refractivity contribution in [2.75, 3.05) is 12.3 Å². The van der Waals surface area contributed by atoms with E-state index in [1.807, 2.05) is 13.8 Å². The number of amides is 1. The van der Waals surface area contributed by atoms with Gasteiger partial charge in [0, 0.05) is 18.0 Å². The smallest absolute Gasteiger partial charge is 0.436 e. The first kappa shape index (κ1) is 17.1. The molecule has 0 aromatic carbocycles. The molecule has 1 aliphatic rings. The summed E-state index contributed by atoms with van der Waals surface area (Å²) in [5, 5.41) is 6.94. The molecule has 0 bridgehead atoms. The summed E-state index contributed by atoms with van der Waals surface area (Å²) < 4.78 is 11.4. The average molecular weight is 324 g/mol. The molecule has 2 rings (SSSR count). The highest BCUT2D eigenvalue weighted by atomic mass is 16.6. The van der Waals surface area contributed by atoms with E-state index in [4.69, 9.17) is 15.2 Å². The lowest BCUT2D eigenvalue weighted by atomic mass is 10.0. The Morgan fingerprint density at radius 2 is 2.22 bits per heavy atom. The Morgan fingerprint density at radius 3 is 2.87 bits per heavy atom. The maximum atomic E-state index is 11.7. The Hall–Kier alpha value is -2.25. The molecule has 0 unspecified atom stereocenters. The number of carbonyl (C=O) groups is 2. The molecular formula is C15H24N4O4. The van der Waals surface area contributed by atoms with Crippen LogP contribution in [0.5, 0.6) is 0 Å². The van der Waals surface area contributed by atoms with Crippen LogP contribution in [-0.2, 0) is 9.47 Å². The van der Waals surface area contributed by atoms with Crippen LogP contribution in [0.15, 0.2) is 6.07 Å². The van der Waals surface area contributed by atoms with E-state index in [1.165, 1.54) is 0 Å². The highest BCUT2D eigenvalue weighted by Gasteiger charge is 2.31. The molecule has 8 nitrogen and oxygen atoms in total. The van der Waals surface area contributed by atoms with Crippen LogP contribution < -0.4 is 11.1 Å². The van der Waals surface area contributed by atoms with Crippen molar-refractivity contribution >= 4 is 18.0 Å². The van der Waals surface area contributed by atoms with Crippen LogP contribution in [0, 0.1) is 0 Å². The molecule has 1 aromatic rings. The Labute approximate surface area is 135 Å². The van der Waals surface area contributed by atoms with E-state index in [0.717, 1.165) is 23.2 Å². The topological polar surface area (TPSA) is 108 Å². The van der Waals surface area contributed by atoms with Crippen LogP contribution >= 0.6 is 0 Å². The molecule has 0 aliphatic heterocycles. The Kier molecular flexibility index (Phi) is 5.46. The van der Waals surface area contributed by atoms with Gasteiger partial charge in [0.2, 0.25) is 0 Å². The number of ether oxygens (including phenoxy) is 2. The zero-order valence-electron chi connectivity index (χ0n) is 13.7. The van der Waals surface area contributed by atoms with Crippen LogP contribution in [0.25, 0.3) is 0 Å². The van der Waals surface area contributed by atoms with Gasteiger partial charge in [0.05, 0.1) is 12.3 Å². The molecule has 0 radical (unpaired) electrons. The van der Waals surface area contributed by atoms with Gasteiger partial charge in [-0.25, -0.2) is 9.59 Å². The summed E-state index contributed by atoms with van der Waals surface area (Å²) >= 11 is 0. The normalized spacial score (nSPS) is 20.5. The zero-order valence-corrected chi connectivity index (χ0v) is 13.7. The van der Waals surface area contributed by atoms with E-state index in [1.54, 1.807) is 13.0 Å². The van der Waals surface area contributed by atoms with Gasteiger partial charge < -0.3 is 20.5 Å². The van der Waals surface area contributed by atoms with Crippen LogP contribution in [-0.4, -0.2) is 40.7 Å². The third-order valence-electron chi connectivity index (χ3n) is 3.68. The number of hydrogen-bond donors (Lipinski definition) is 2. The minimum Gasteiger partial charge on any atom is -0.448 e. The maximum Gasteiger partial charge on any atom is 0.436 e. The summed E-state index contributed by atoms with van der Waals surface area (Å²) in [4.78, 5) is 23.4. The molecule has 1 heterocycles. The van der Waals surface area contributed by atoms with Crippen molar-refractivity contribution in [3.8, 4) is 0 Å². The van der Waals surface area contributed by atoms with Gasteiger partial charge in [-0.05, 0) is 40.0 Å². The minimum atomic E-state index is -0.585. The number of alkyl carbamates (subject to hydrolysis) is 1. The first-order valence-corrected chi connectivity index (χ1v) is 7.90. The Bertz CT molecular complexity index is 570. The molecule has 23 heavy (non-hydrogen) atoms. The lowest BCUT2D eigenvalue weighted by molar-refractivity contribution is 0.0981. The molecule has 1 aliphatic carbocycles. The van der Waals surface area contributed by atoms with E-state index in [9.17, 15) is 9.59 Å². The fraction of sp³-hybridized carbons (Fsp3) is 0.667. The van der Waals surface area contributed by atoms with Crippen molar-refractivity contribution in [1.29, 1.82) is 0 Å². The first-order chi connectivity index (χ1) is 10.9. The predicted octanol–water partition coefficient (Wildman–Crippen LogP) is 2.24. The maximum absolute atomic E-state index is 11.7. The number of anilines is 1. The average Bonchev–Trinajstić information content (AvgIpc) is 3.04. The third kappa shape index (κ3) is 4.37. The van der Waals surface area contributed by atoms with E-state index in [-0.39, 0.29) is 30.5 Å².